The van der Waals surface area contributed by atoms with Crippen molar-refractivity contribution in [1.29, 1.82) is 0 Å². The van der Waals surface area contributed by atoms with Crippen LogP contribution < -0.4 is 15.2 Å². The molecule has 0 atom stereocenters. The van der Waals surface area contributed by atoms with Crippen molar-refractivity contribution >= 4 is 18.1 Å². The fourth-order valence-electron chi connectivity index (χ4n) is 1.52. The third-order valence-electron chi connectivity index (χ3n) is 2.45. The minimum absolute atomic E-state index is 0.156. The van der Waals surface area contributed by atoms with Crippen LogP contribution in [0.2, 0.25) is 0 Å². The molecule has 0 spiro atoms. The van der Waals surface area contributed by atoms with Gasteiger partial charge in [-0.05, 0) is 6.92 Å². The molecule has 0 saturated heterocycles. The molecule has 1 rings (SSSR count). The number of primary amides is 1. The fourth-order valence-corrected chi connectivity index (χ4v) is 1.52. The number of carbonyl (C=O) groups is 2. The number of carbonyl (C=O) groups excluding carboxylic acids is 2. The van der Waals surface area contributed by atoms with Gasteiger partial charge in [0.05, 0.1) is 19.3 Å². The average molecular weight is 310 g/mol. The lowest BCUT2D eigenvalue weighted by molar-refractivity contribution is -0.141. The second-order valence-electron chi connectivity index (χ2n) is 4.09. The topological polar surface area (TPSA) is 120 Å². The smallest absolute Gasteiger partial charge is 0.327 e. The van der Waals surface area contributed by atoms with E-state index in [0.717, 1.165) is 0 Å². The Morgan fingerprint density at radius 2 is 2.14 bits per heavy atom. The van der Waals surface area contributed by atoms with Crippen LogP contribution in [0, 0.1) is 0 Å². The Kier molecular flexibility index (Phi) is 6.68. The first-order chi connectivity index (χ1) is 10.5. The summed E-state index contributed by atoms with van der Waals surface area (Å²) < 4.78 is 14.9. The molecule has 3 N–H and O–H groups in total. The molecule has 0 aliphatic heterocycles. The van der Waals surface area contributed by atoms with Gasteiger partial charge in [-0.1, -0.05) is 0 Å². The number of nitrogens with zero attached hydrogens (tertiary/aromatic N) is 1. The van der Waals surface area contributed by atoms with E-state index in [1.807, 2.05) is 0 Å². The summed E-state index contributed by atoms with van der Waals surface area (Å²) in [4.78, 5) is 25.9. The Labute approximate surface area is 127 Å². The lowest BCUT2D eigenvalue weighted by Crippen LogP contribution is -2.20. The summed E-state index contributed by atoms with van der Waals surface area (Å²) in [6.07, 6.45) is 1.25. The number of aliphatic imine (C=N–C) groups is 1. The van der Waals surface area contributed by atoms with Crippen molar-refractivity contribution in [2.75, 3.05) is 26.9 Å². The van der Waals surface area contributed by atoms with Crippen molar-refractivity contribution in [1.82, 2.24) is 0 Å². The van der Waals surface area contributed by atoms with Gasteiger partial charge in [0.25, 0.3) is 5.91 Å². The fraction of sp³-hybridized carbons (Fsp3) is 0.357. The van der Waals surface area contributed by atoms with Gasteiger partial charge in [0.15, 0.2) is 6.61 Å². The zero-order chi connectivity index (χ0) is 16.5. The minimum Gasteiger partial charge on any atom is -0.507 e. The number of nitrogens with two attached hydrogens (primary N) is 1. The molecule has 1 aromatic rings. The van der Waals surface area contributed by atoms with Gasteiger partial charge >= 0.3 is 5.97 Å². The van der Waals surface area contributed by atoms with Gasteiger partial charge in [0.1, 0.15) is 23.8 Å². The molecule has 0 aliphatic rings. The lowest BCUT2D eigenvalue weighted by atomic mass is 10.2. The molecular formula is C14H18N2O6. The van der Waals surface area contributed by atoms with Crippen LogP contribution in [0.15, 0.2) is 17.1 Å². The summed E-state index contributed by atoms with van der Waals surface area (Å²) in [5.74, 6) is -0.850. The van der Waals surface area contributed by atoms with Gasteiger partial charge in [-0.25, -0.2) is 0 Å². The lowest BCUT2D eigenvalue weighted by Gasteiger charge is -2.11. The van der Waals surface area contributed by atoms with Crippen LogP contribution in [0.1, 0.15) is 12.5 Å². The summed E-state index contributed by atoms with van der Waals surface area (Å²) in [5, 5.41) is 9.95. The number of methoxy groups -OCH3 is 1. The molecule has 0 bridgehead atoms. The van der Waals surface area contributed by atoms with Crippen molar-refractivity contribution in [2.45, 2.75) is 6.92 Å². The average Bonchev–Trinajstić information content (AvgIpc) is 2.47. The highest BCUT2D eigenvalue weighted by Gasteiger charge is 2.12. The van der Waals surface area contributed by atoms with Crippen molar-refractivity contribution < 1.29 is 28.9 Å². The number of ether oxygens (including phenoxy) is 3. The standard InChI is InChI=1S/C14H18N2O6/c1-3-21-14(19)7-16-6-10-11(17)4-9(20-2)5-12(10)22-8-13(15)18/h4-6,17H,3,7-8H2,1-2H3,(H2,15,18). The van der Waals surface area contributed by atoms with E-state index in [0.29, 0.717) is 5.75 Å². The van der Waals surface area contributed by atoms with Gasteiger partial charge in [0.2, 0.25) is 0 Å². The molecule has 0 aromatic heterocycles. The van der Waals surface area contributed by atoms with Crippen LogP contribution in [-0.4, -0.2) is 50.1 Å². The molecule has 0 fully saturated rings. The Hall–Kier alpha value is -2.77. The quantitative estimate of drug-likeness (QED) is 0.524. The maximum absolute atomic E-state index is 11.2. The highest BCUT2D eigenvalue weighted by Crippen LogP contribution is 2.32. The zero-order valence-electron chi connectivity index (χ0n) is 12.4. The molecule has 8 nitrogen and oxygen atoms in total. The molecule has 0 unspecified atom stereocenters. The van der Waals surface area contributed by atoms with Gasteiger partial charge in [0, 0.05) is 18.3 Å². The third kappa shape index (κ3) is 5.31. The summed E-state index contributed by atoms with van der Waals surface area (Å²) in [7, 11) is 1.42. The van der Waals surface area contributed by atoms with E-state index in [-0.39, 0.29) is 36.8 Å². The first-order valence-electron chi connectivity index (χ1n) is 6.45. The normalized spacial score (nSPS) is 10.5. The van der Waals surface area contributed by atoms with E-state index in [1.54, 1.807) is 6.92 Å². The predicted octanol–water partition coefficient (Wildman–Crippen LogP) is 0.247. The van der Waals surface area contributed by atoms with E-state index in [9.17, 15) is 14.7 Å². The number of rotatable bonds is 8. The molecular weight excluding hydrogens is 292 g/mol. The van der Waals surface area contributed by atoms with E-state index < -0.39 is 11.9 Å². The second kappa shape index (κ2) is 8.50. The Bertz CT molecular complexity index is 571. The van der Waals surface area contributed by atoms with E-state index in [4.69, 9.17) is 19.9 Å². The largest absolute Gasteiger partial charge is 0.507 e. The van der Waals surface area contributed by atoms with E-state index >= 15 is 0 Å². The number of phenolic OH excluding ortho intramolecular Hbond substituents is 1. The van der Waals surface area contributed by atoms with Crippen LogP contribution in [0.4, 0.5) is 0 Å². The Balaban J connectivity index is 2.97. The number of aromatic hydroxyl groups is 1. The number of benzene rings is 1. The molecule has 1 amide bonds. The Morgan fingerprint density at radius 3 is 2.73 bits per heavy atom. The summed E-state index contributed by atoms with van der Waals surface area (Å²) in [6.45, 7) is 1.38. The monoisotopic (exact) mass is 310 g/mol. The van der Waals surface area contributed by atoms with Gasteiger partial charge in [-0.2, -0.15) is 0 Å². The van der Waals surface area contributed by atoms with Crippen LogP contribution in [0.25, 0.3) is 0 Å². The maximum atomic E-state index is 11.2. The van der Waals surface area contributed by atoms with Gasteiger partial charge < -0.3 is 25.1 Å². The molecule has 0 aliphatic carbocycles. The second-order valence-corrected chi connectivity index (χ2v) is 4.09. The number of hydrogen-bond donors (Lipinski definition) is 2. The molecule has 0 heterocycles. The predicted molar refractivity (Wildman–Crippen MR) is 78.4 cm³/mol. The number of esters is 1. The van der Waals surface area contributed by atoms with Crippen LogP contribution in [0.3, 0.4) is 0 Å². The molecule has 0 saturated carbocycles. The molecule has 120 valence electrons. The van der Waals surface area contributed by atoms with E-state index in [1.165, 1.54) is 25.5 Å². The van der Waals surface area contributed by atoms with Crippen LogP contribution in [0.5, 0.6) is 17.2 Å². The summed E-state index contributed by atoms with van der Waals surface area (Å²) in [6, 6.07) is 2.82. The number of phenols is 1. The number of amides is 1. The van der Waals surface area contributed by atoms with Crippen molar-refractivity contribution in [3.8, 4) is 17.2 Å². The highest BCUT2D eigenvalue weighted by atomic mass is 16.5. The maximum Gasteiger partial charge on any atom is 0.327 e. The Morgan fingerprint density at radius 1 is 1.41 bits per heavy atom. The highest BCUT2D eigenvalue weighted by molar-refractivity contribution is 5.89. The number of hydrogen-bond acceptors (Lipinski definition) is 7. The van der Waals surface area contributed by atoms with E-state index in [2.05, 4.69) is 4.99 Å². The van der Waals surface area contributed by atoms with Crippen LogP contribution in [-0.2, 0) is 14.3 Å². The van der Waals surface area contributed by atoms with Crippen LogP contribution >= 0.6 is 0 Å². The molecule has 22 heavy (non-hydrogen) atoms. The first kappa shape index (κ1) is 17.3. The van der Waals surface area contributed by atoms with Gasteiger partial charge in [-0.15, -0.1) is 0 Å². The SMILES string of the molecule is CCOC(=O)CN=Cc1c(O)cc(OC)cc1OCC(N)=O. The van der Waals surface area contributed by atoms with Crippen molar-refractivity contribution in [3.05, 3.63) is 17.7 Å². The minimum atomic E-state index is -0.670. The molecule has 8 heteroatoms. The summed E-state index contributed by atoms with van der Waals surface area (Å²) >= 11 is 0. The van der Waals surface area contributed by atoms with Crippen molar-refractivity contribution in [2.24, 2.45) is 10.7 Å². The van der Waals surface area contributed by atoms with Crippen molar-refractivity contribution in [3.63, 3.8) is 0 Å². The first-order valence-corrected chi connectivity index (χ1v) is 6.45. The van der Waals surface area contributed by atoms with Gasteiger partial charge in [-0.3, -0.25) is 14.6 Å². The zero-order valence-corrected chi connectivity index (χ0v) is 12.4. The third-order valence-corrected chi connectivity index (χ3v) is 2.45. The molecule has 1 aromatic carbocycles. The summed E-state index contributed by atoms with van der Waals surface area (Å²) in [5.41, 5.74) is 5.22. The molecule has 0 radical (unpaired) electrons.